The van der Waals surface area contributed by atoms with Crippen LogP contribution in [0.25, 0.3) is 0 Å². The molecule has 1 aliphatic rings. The minimum Gasteiger partial charge on any atom is -0.392 e. The van der Waals surface area contributed by atoms with E-state index < -0.39 is 0 Å². The Kier molecular flexibility index (Phi) is 2.00. The summed E-state index contributed by atoms with van der Waals surface area (Å²) in [6.07, 6.45) is 0.575. The topological polar surface area (TPSA) is 21.6 Å². The zero-order valence-electron chi connectivity index (χ0n) is 7.03. The first-order chi connectivity index (χ1) is 6.25. The van der Waals surface area contributed by atoms with Gasteiger partial charge in [-0.1, -0.05) is 17.3 Å². The predicted octanol–water partition coefficient (Wildman–Crippen LogP) is 2.15. The molecule has 67 valence electrons. The molecule has 1 unspecified atom stereocenters. The van der Waals surface area contributed by atoms with Gasteiger partial charge in [-0.05, 0) is 24.6 Å². The van der Waals surface area contributed by atoms with Crippen molar-refractivity contribution in [3.8, 4) is 0 Å². The normalized spacial score (nSPS) is 21.1. The summed E-state index contributed by atoms with van der Waals surface area (Å²) in [6, 6.07) is 6.20. The lowest BCUT2D eigenvalue weighted by Gasteiger charge is -1.98. The SMILES string of the molecule is [CH2]C1CC(c2ccc(F)cc2)=NO1. The van der Waals surface area contributed by atoms with Gasteiger partial charge in [0.2, 0.25) is 0 Å². The van der Waals surface area contributed by atoms with Crippen LogP contribution in [0.5, 0.6) is 0 Å². The van der Waals surface area contributed by atoms with Gasteiger partial charge in [-0.15, -0.1) is 0 Å². The Labute approximate surface area is 76.0 Å². The summed E-state index contributed by atoms with van der Waals surface area (Å²) in [7, 11) is 0. The van der Waals surface area contributed by atoms with Gasteiger partial charge in [0.05, 0.1) is 5.71 Å². The molecule has 2 nitrogen and oxygen atoms in total. The van der Waals surface area contributed by atoms with Gasteiger partial charge >= 0.3 is 0 Å². The fraction of sp³-hybridized carbons (Fsp3) is 0.200. The molecule has 0 N–H and O–H groups in total. The maximum atomic E-state index is 12.6. The van der Waals surface area contributed by atoms with Gasteiger partial charge in [-0.25, -0.2) is 4.39 Å². The molecule has 1 atom stereocenters. The van der Waals surface area contributed by atoms with Crippen LogP contribution in [-0.2, 0) is 4.84 Å². The molecule has 1 aromatic rings. The van der Waals surface area contributed by atoms with Crippen LogP contribution >= 0.6 is 0 Å². The Morgan fingerprint density at radius 3 is 2.62 bits per heavy atom. The van der Waals surface area contributed by atoms with Crippen LogP contribution in [0.1, 0.15) is 12.0 Å². The van der Waals surface area contributed by atoms with Crippen molar-refractivity contribution in [1.82, 2.24) is 0 Å². The van der Waals surface area contributed by atoms with Crippen LogP contribution < -0.4 is 0 Å². The second kappa shape index (κ2) is 3.17. The van der Waals surface area contributed by atoms with Gasteiger partial charge < -0.3 is 4.84 Å². The fourth-order valence-corrected chi connectivity index (χ4v) is 1.24. The highest BCUT2D eigenvalue weighted by Gasteiger charge is 2.17. The highest BCUT2D eigenvalue weighted by molar-refractivity contribution is 6.01. The predicted molar refractivity (Wildman–Crippen MR) is 47.8 cm³/mol. The molecule has 0 bridgehead atoms. The molecule has 2 rings (SSSR count). The van der Waals surface area contributed by atoms with Crippen molar-refractivity contribution in [2.45, 2.75) is 12.5 Å². The van der Waals surface area contributed by atoms with Crippen molar-refractivity contribution in [2.24, 2.45) is 5.16 Å². The third kappa shape index (κ3) is 1.69. The number of halogens is 1. The summed E-state index contributed by atoms with van der Waals surface area (Å²) in [6.45, 7) is 3.72. The molecule has 1 radical (unpaired) electrons. The summed E-state index contributed by atoms with van der Waals surface area (Å²) in [5.74, 6) is -0.241. The average molecular weight is 178 g/mol. The van der Waals surface area contributed by atoms with E-state index in [2.05, 4.69) is 12.1 Å². The Morgan fingerprint density at radius 2 is 2.08 bits per heavy atom. The number of hydrogen-bond donors (Lipinski definition) is 0. The Hall–Kier alpha value is -1.38. The molecule has 0 aromatic heterocycles. The summed E-state index contributed by atoms with van der Waals surface area (Å²) < 4.78 is 12.6. The van der Waals surface area contributed by atoms with E-state index in [-0.39, 0.29) is 11.9 Å². The lowest BCUT2D eigenvalue weighted by Crippen LogP contribution is -2.03. The van der Waals surface area contributed by atoms with E-state index >= 15 is 0 Å². The highest BCUT2D eigenvalue weighted by Crippen LogP contribution is 2.15. The van der Waals surface area contributed by atoms with Crippen molar-refractivity contribution in [1.29, 1.82) is 0 Å². The number of rotatable bonds is 1. The van der Waals surface area contributed by atoms with Gasteiger partial charge in [0.25, 0.3) is 0 Å². The molecule has 1 heterocycles. The molecular weight excluding hydrogens is 169 g/mol. The Balaban J connectivity index is 2.22. The Morgan fingerprint density at radius 1 is 1.38 bits per heavy atom. The zero-order valence-corrected chi connectivity index (χ0v) is 7.03. The van der Waals surface area contributed by atoms with Crippen LogP contribution in [-0.4, -0.2) is 11.8 Å². The van der Waals surface area contributed by atoms with Crippen LogP contribution in [0.2, 0.25) is 0 Å². The van der Waals surface area contributed by atoms with E-state index in [1.807, 2.05) is 0 Å². The number of nitrogens with zero attached hydrogens (tertiary/aromatic N) is 1. The second-order valence-electron chi connectivity index (χ2n) is 2.98. The molecule has 1 aliphatic heterocycles. The Bertz CT molecular complexity index is 331. The molecule has 0 amide bonds. The molecule has 0 spiro atoms. The molecule has 0 saturated heterocycles. The van der Waals surface area contributed by atoms with Crippen molar-refractivity contribution in [2.75, 3.05) is 0 Å². The van der Waals surface area contributed by atoms with Gasteiger partial charge in [0.1, 0.15) is 11.9 Å². The molecule has 1 aromatic carbocycles. The number of oxime groups is 1. The first kappa shape index (κ1) is 8.23. The standard InChI is InChI=1S/C10H9FNO/c1-7-6-10(12-13-7)8-2-4-9(11)5-3-8/h2-5,7H,1,6H2. The summed E-state index contributed by atoms with van der Waals surface area (Å²) in [4.78, 5) is 4.93. The quantitative estimate of drug-likeness (QED) is 0.645. The van der Waals surface area contributed by atoms with Crippen LogP contribution in [0.3, 0.4) is 0 Å². The second-order valence-corrected chi connectivity index (χ2v) is 2.98. The van der Waals surface area contributed by atoms with E-state index in [4.69, 9.17) is 4.84 Å². The largest absolute Gasteiger partial charge is 0.392 e. The monoisotopic (exact) mass is 178 g/mol. The number of hydrogen-bond acceptors (Lipinski definition) is 2. The summed E-state index contributed by atoms with van der Waals surface area (Å²) in [5, 5.41) is 3.85. The van der Waals surface area contributed by atoms with E-state index in [0.29, 0.717) is 6.42 Å². The van der Waals surface area contributed by atoms with Crippen LogP contribution in [0, 0.1) is 12.7 Å². The minimum absolute atomic E-state index is 0.111. The summed E-state index contributed by atoms with van der Waals surface area (Å²) >= 11 is 0. The highest BCUT2D eigenvalue weighted by atomic mass is 19.1. The van der Waals surface area contributed by atoms with Crippen molar-refractivity contribution in [3.05, 3.63) is 42.6 Å². The molecular formula is C10H9FNO. The molecule has 13 heavy (non-hydrogen) atoms. The van der Waals surface area contributed by atoms with Gasteiger partial charge in [-0.2, -0.15) is 0 Å². The van der Waals surface area contributed by atoms with E-state index in [1.54, 1.807) is 12.1 Å². The molecule has 0 aliphatic carbocycles. The van der Waals surface area contributed by atoms with E-state index in [9.17, 15) is 4.39 Å². The average Bonchev–Trinajstić information content (AvgIpc) is 2.53. The number of benzene rings is 1. The van der Waals surface area contributed by atoms with Gasteiger partial charge in [0.15, 0.2) is 0 Å². The lowest BCUT2D eigenvalue weighted by atomic mass is 10.1. The zero-order chi connectivity index (χ0) is 9.26. The smallest absolute Gasteiger partial charge is 0.133 e. The van der Waals surface area contributed by atoms with E-state index in [0.717, 1.165) is 11.3 Å². The van der Waals surface area contributed by atoms with E-state index in [1.165, 1.54) is 12.1 Å². The van der Waals surface area contributed by atoms with Gasteiger partial charge in [0, 0.05) is 6.42 Å². The molecule has 0 saturated carbocycles. The summed E-state index contributed by atoms with van der Waals surface area (Å²) in [5.41, 5.74) is 1.73. The van der Waals surface area contributed by atoms with Crippen molar-refractivity contribution >= 4 is 5.71 Å². The first-order valence-electron chi connectivity index (χ1n) is 4.07. The third-order valence-corrected chi connectivity index (χ3v) is 1.91. The third-order valence-electron chi connectivity index (χ3n) is 1.91. The van der Waals surface area contributed by atoms with Crippen LogP contribution in [0.4, 0.5) is 4.39 Å². The molecule has 3 heteroatoms. The maximum absolute atomic E-state index is 12.6. The molecule has 0 fully saturated rings. The first-order valence-corrected chi connectivity index (χ1v) is 4.07. The van der Waals surface area contributed by atoms with Crippen molar-refractivity contribution in [3.63, 3.8) is 0 Å². The fourth-order valence-electron chi connectivity index (χ4n) is 1.24. The van der Waals surface area contributed by atoms with Crippen molar-refractivity contribution < 1.29 is 9.23 Å². The van der Waals surface area contributed by atoms with Crippen LogP contribution in [0.15, 0.2) is 29.4 Å². The maximum Gasteiger partial charge on any atom is 0.133 e. The van der Waals surface area contributed by atoms with Gasteiger partial charge in [-0.3, -0.25) is 0 Å². The minimum atomic E-state index is -0.241. The lowest BCUT2D eigenvalue weighted by molar-refractivity contribution is 0.118.